The molecule has 0 aromatic rings. The van der Waals surface area contributed by atoms with Gasteiger partial charge in [0, 0.05) is 12.8 Å². The van der Waals surface area contributed by atoms with Crippen LogP contribution in [0.15, 0.2) is 48.6 Å². The standard InChI is InChI=1S/C70H131NO5/c1-3-5-7-9-11-13-15-17-19-36-40-44-48-52-56-60-64-70(75)76-65-61-57-53-49-45-41-37-34-32-30-28-26-24-22-20-21-23-25-27-29-31-33-35-39-43-47-51-55-59-63-69(74)71-67(66-72)68(73)62-58-54-50-46-42-38-18-16-14-12-10-8-6-4-2/h13,15,19-20,22,26,28,36,67-68,72-73H,3-12,14,16-18,21,23-25,27,29-35,37-66H2,1-2H3,(H,71,74)/b15-13-,22-20-,28-26-,36-19-. The number of aliphatic hydroxyl groups is 2. The van der Waals surface area contributed by atoms with Crippen LogP contribution in [-0.2, 0) is 14.3 Å². The molecular weight excluding hydrogens is 935 g/mol. The van der Waals surface area contributed by atoms with Crippen molar-refractivity contribution in [2.24, 2.45) is 0 Å². The summed E-state index contributed by atoms with van der Waals surface area (Å²) >= 11 is 0. The van der Waals surface area contributed by atoms with Crippen LogP contribution in [0.4, 0.5) is 0 Å². The van der Waals surface area contributed by atoms with E-state index in [1.54, 1.807) is 0 Å². The van der Waals surface area contributed by atoms with Crippen molar-refractivity contribution >= 4 is 11.9 Å². The quantitative estimate of drug-likeness (QED) is 0.0320. The zero-order valence-electron chi connectivity index (χ0n) is 51.0. The predicted molar refractivity (Wildman–Crippen MR) is 333 cm³/mol. The number of aliphatic hydroxyl groups excluding tert-OH is 2. The Hall–Kier alpha value is -2.18. The van der Waals surface area contributed by atoms with Crippen LogP contribution < -0.4 is 5.32 Å². The molecule has 0 radical (unpaired) electrons. The van der Waals surface area contributed by atoms with Gasteiger partial charge in [0.05, 0.1) is 25.4 Å². The fraction of sp³-hybridized carbons (Fsp3) is 0.857. The molecule has 0 saturated heterocycles. The Morgan fingerprint density at radius 2 is 0.658 bits per heavy atom. The highest BCUT2D eigenvalue weighted by Crippen LogP contribution is 2.18. The zero-order chi connectivity index (χ0) is 55.0. The summed E-state index contributed by atoms with van der Waals surface area (Å²) < 4.78 is 5.48. The summed E-state index contributed by atoms with van der Waals surface area (Å²) in [5.74, 6) is -0.0363. The zero-order valence-corrected chi connectivity index (χ0v) is 51.0. The minimum Gasteiger partial charge on any atom is -0.466 e. The van der Waals surface area contributed by atoms with Gasteiger partial charge in [0.1, 0.15) is 0 Å². The first kappa shape index (κ1) is 73.8. The molecule has 2 atom stereocenters. The van der Waals surface area contributed by atoms with Crippen molar-refractivity contribution in [2.45, 2.75) is 373 Å². The van der Waals surface area contributed by atoms with E-state index < -0.39 is 12.1 Å². The summed E-state index contributed by atoms with van der Waals surface area (Å²) in [6, 6.07) is -0.542. The van der Waals surface area contributed by atoms with Crippen LogP contribution in [0.25, 0.3) is 0 Å². The Bertz CT molecular complexity index is 1270. The Labute approximate surface area is 474 Å². The van der Waals surface area contributed by atoms with Gasteiger partial charge in [-0.15, -0.1) is 0 Å². The van der Waals surface area contributed by atoms with Crippen molar-refractivity contribution in [2.75, 3.05) is 13.2 Å². The van der Waals surface area contributed by atoms with E-state index in [2.05, 4.69) is 67.8 Å². The lowest BCUT2D eigenvalue weighted by Gasteiger charge is -2.22. The van der Waals surface area contributed by atoms with Crippen LogP contribution in [0.5, 0.6) is 0 Å². The van der Waals surface area contributed by atoms with Crippen LogP contribution in [-0.4, -0.2) is 47.4 Å². The summed E-state index contributed by atoms with van der Waals surface area (Å²) in [6.07, 6.45) is 84.3. The molecule has 0 aliphatic carbocycles. The number of esters is 1. The van der Waals surface area contributed by atoms with Crippen molar-refractivity contribution in [3.63, 3.8) is 0 Å². The lowest BCUT2D eigenvalue weighted by atomic mass is 10.0. The molecule has 0 aliphatic rings. The Balaban J connectivity index is 3.40. The van der Waals surface area contributed by atoms with Gasteiger partial charge in [0.2, 0.25) is 5.91 Å². The maximum atomic E-state index is 12.5. The van der Waals surface area contributed by atoms with E-state index in [0.717, 1.165) is 57.8 Å². The molecule has 3 N–H and O–H groups in total. The van der Waals surface area contributed by atoms with E-state index >= 15 is 0 Å². The van der Waals surface area contributed by atoms with Crippen LogP contribution >= 0.6 is 0 Å². The summed E-state index contributed by atoms with van der Waals surface area (Å²) in [7, 11) is 0. The fourth-order valence-corrected chi connectivity index (χ4v) is 10.4. The maximum absolute atomic E-state index is 12.5. The SMILES string of the molecule is CCCCCC/C=C\C/C=C\CCCCCCCC(=O)OCCCCCCCCCCC/C=C\C/C=C\CCCCCCCCCCCCCCCC(=O)NC(CO)C(O)CCCCCCCCCCCCCCCC. The molecule has 446 valence electrons. The highest BCUT2D eigenvalue weighted by atomic mass is 16.5. The monoisotopic (exact) mass is 1070 g/mol. The van der Waals surface area contributed by atoms with E-state index in [0.29, 0.717) is 25.9 Å². The van der Waals surface area contributed by atoms with E-state index in [1.165, 1.54) is 270 Å². The topological polar surface area (TPSA) is 95.9 Å². The lowest BCUT2D eigenvalue weighted by Crippen LogP contribution is -2.45. The highest BCUT2D eigenvalue weighted by molar-refractivity contribution is 5.76. The number of unbranched alkanes of at least 4 members (excludes halogenated alkanes) is 44. The molecule has 0 saturated carbocycles. The number of amides is 1. The van der Waals surface area contributed by atoms with Crippen LogP contribution in [0, 0.1) is 0 Å². The van der Waals surface area contributed by atoms with Gasteiger partial charge in [0.25, 0.3) is 0 Å². The number of ether oxygens (including phenoxy) is 1. The molecule has 1 amide bonds. The maximum Gasteiger partial charge on any atom is 0.305 e. The molecule has 0 aliphatic heterocycles. The summed E-state index contributed by atoms with van der Waals surface area (Å²) in [5.41, 5.74) is 0. The van der Waals surface area contributed by atoms with Crippen molar-refractivity contribution in [3.05, 3.63) is 48.6 Å². The van der Waals surface area contributed by atoms with E-state index in [-0.39, 0.29) is 18.5 Å². The summed E-state index contributed by atoms with van der Waals surface area (Å²) in [4.78, 5) is 24.6. The third kappa shape index (κ3) is 61.0. The largest absolute Gasteiger partial charge is 0.466 e. The minimum absolute atomic E-state index is 0.00151. The van der Waals surface area contributed by atoms with Gasteiger partial charge in [-0.2, -0.15) is 0 Å². The smallest absolute Gasteiger partial charge is 0.305 e. The molecule has 0 aromatic carbocycles. The molecule has 0 rings (SSSR count). The summed E-state index contributed by atoms with van der Waals surface area (Å²) in [5, 5.41) is 23.3. The number of carbonyl (C=O) groups excluding carboxylic acids is 2. The second-order valence-corrected chi connectivity index (χ2v) is 23.1. The second-order valence-electron chi connectivity index (χ2n) is 23.1. The van der Waals surface area contributed by atoms with E-state index in [4.69, 9.17) is 4.74 Å². The Kier molecular flexibility index (Phi) is 63.5. The van der Waals surface area contributed by atoms with Gasteiger partial charge in [-0.05, 0) is 89.9 Å². The second kappa shape index (κ2) is 65.3. The molecule has 0 spiro atoms. The molecule has 0 fully saturated rings. The molecule has 0 heterocycles. The number of rotatable bonds is 63. The first-order valence-corrected chi connectivity index (χ1v) is 33.9. The van der Waals surface area contributed by atoms with Gasteiger partial charge in [-0.1, -0.05) is 306 Å². The van der Waals surface area contributed by atoms with Crippen molar-refractivity contribution in [1.29, 1.82) is 0 Å². The predicted octanol–water partition coefficient (Wildman–Crippen LogP) is 21.7. The first-order valence-electron chi connectivity index (χ1n) is 33.9. The number of allylic oxidation sites excluding steroid dienone is 8. The summed E-state index contributed by atoms with van der Waals surface area (Å²) in [6.45, 7) is 4.94. The lowest BCUT2D eigenvalue weighted by molar-refractivity contribution is -0.143. The molecule has 0 bridgehead atoms. The molecule has 76 heavy (non-hydrogen) atoms. The number of nitrogens with one attached hydrogen (secondary N) is 1. The number of hydrogen-bond donors (Lipinski definition) is 3. The normalized spacial score (nSPS) is 12.8. The molecule has 2 unspecified atom stereocenters. The third-order valence-electron chi connectivity index (χ3n) is 15.6. The molecule has 0 aromatic heterocycles. The number of hydrogen-bond acceptors (Lipinski definition) is 5. The van der Waals surface area contributed by atoms with Crippen LogP contribution in [0.2, 0.25) is 0 Å². The van der Waals surface area contributed by atoms with Gasteiger partial charge < -0.3 is 20.3 Å². The van der Waals surface area contributed by atoms with Gasteiger partial charge in [-0.3, -0.25) is 9.59 Å². The van der Waals surface area contributed by atoms with E-state index in [1.807, 2.05) is 0 Å². The fourth-order valence-electron chi connectivity index (χ4n) is 10.4. The van der Waals surface area contributed by atoms with Gasteiger partial charge in [0.15, 0.2) is 0 Å². The van der Waals surface area contributed by atoms with Crippen LogP contribution in [0.3, 0.4) is 0 Å². The molecule has 6 heteroatoms. The minimum atomic E-state index is -0.665. The third-order valence-corrected chi connectivity index (χ3v) is 15.6. The average Bonchev–Trinajstić information content (AvgIpc) is 3.42. The Morgan fingerprint density at radius 3 is 1.01 bits per heavy atom. The first-order chi connectivity index (χ1) is 37.5. The molecular formula is C70H131NO5. The van der Waals surface area contributed by atoms with Gasteiger partial charge >= 0.3 is 5.97 Å². The van der Waals surface area contributed by atoms with Crippen molar-refractivity contribution < 1.29 is 24.5 Å². The average molecular weight is 1070 g/mol. The van der Waals surface area contributed by atoms with Crippen LogP contribution in [0.1, 0.15) is 361 Å². The van der Waals surface area contributed by atoms with Crippen molar-refractivity contribution in [1.82, 2.24) is 5.32 Å². The number of carbonyl (C=O) groups is 2. The van der Waals surface area contributed by atoms with Crippen molar-refractivity contribution in [3.8, 4) is 0 Å². The van der Waals surface area contributed by atoms with E-state index in [9.17, 15) is 19.8 Å². The Morgan fingerprint density at radius 1 is 0.368 bits per heavy atom. The molecule has 6 nitrogen and oxygen atoms in total. The highest BCUT2D eigenvalue weighted by Gasteiger charge is 2.20. The van der Waals surface area contributed by atoms with Gasteiger partial charge in [-0.25, -0.2) is 0 Å².